The number of thiophene rings is 1. The van der Waals surface area contributed by atoms with Crippen LogP contribution in [-0.4, -0.2) is 38.4 Å². The van der Waals surface area contributed by atoms with Crippen LogP contribution in [0.4, 0.5) is 0 Å². The molecule has 0 saturated heterocycles. The lowest BCUT2D eigenvalue weighted by molar-refractivity contribution is 0.299. The van der Waals surface area contributed by atoms with Crippen LogP contribution in [0.1, 0.15) is 17.4 Å². The Hall–Kier alpha value is 0.0900. The number of rotatable bonds is 6. The Balaban J connectivity index is 2.58. The van der Waals surface area contributed by atoms with E-state index in [-0.39, 0.29) is 5.75 Å². The molecule has 98 valence electrons. The van der Waals surface area contributed by atoms with Crippen molar-refractivity contribution in [2.75, 3.05) is 25.1 Å². The Morgan fingerprint density at radius 3 is 2.53 bits per heavy atom. The summed E-state index contributed by atoms with van der Waals surface area (Å²) in [6.07, 6.45) is 1.28. The predicted octanol–water partition coefficient (Wildman–Crippen LogP) is 2.69. The average molecular weight is 340 g/mol. The molecule has 0 aliphatic rings. The summed E-state index contributed by atoms with van der Waals surface area (Å²) in [5.74, 6) is 0.229. The van der Waals surface area contributed by atoms with E-state index in [1.165, 1.54) is 16.7 Å². The fourth-order valence-electron chi connectivity index (χ4n) is 1.47. The zero-order chi connectivity index (χ0) is 13.1. The third-order valence-corrected chi connectivity index (χ3v) is 5.56. The Labute approximate surface area is 116 Å². The second-order valence-electron chi connectivity index (χ2n) is 4.17. The van der Waals surface area contributed by atoms with E-state index in [2.05, 4.69) is 40.7 Å². The topological polar surface area (TPSA) is 37.4 Å². The van der Waals surface area contributed by atoms with Crippen LogP contribution in [0.5, 0.6) is 0 Å². The van der Waals surface area contributed by atoms with Gasteiger partial charge in [0, 0.05) is 24.2 Å². The first-order chi connectivity index (χ1) is 7.81. The predicted molar refractivity (Wildman–Crippen MR) is 77.4 cm³/mol. The normalized spacial score (nSPS) is 12.3. The van der Waals surface area contributed by atoms with Crippen molar-refractivity contribution in [2.45, 2.75) is 20.4 Å². The lowest BCUT2D eigenvalue weighted by Crippen LogP contribution is -2.28. The van der Waals surface area contributed by atoms with Gasteiger partial charge in [-0.15, -0.1) is 11.3 Å². The highest BCUT2D eigenvalue weighted by Crippen LogP contribution is 2.28. The molecule has 0 atom stereocenters. The van der Waals surface area contributed by atoms with Crippen molar-refractivity contribution in [1.82, 2.24) is 4.90 Å². The number of hydrogen-bond acceptors (Lipinski definition) is 4. The monoisotopic (exact) mass is 339 g/mol. The molecule has 0 unspecified atom stereocenters. The molecule has 1 aromatic rings. The molecule has 0 aliphatic heterocycles. The maximum atomic E-state index is 11.1. The van der Waals surface area contributed by atoms with E-state index < -0.39 is 9.84 Å². The molecule has 0 amide bonds. The lowest BCUT2D eigenvalue weighted by atomic mass is 10.3. The molecular formula is C11H18BrNO2S2. The highest BCUT2D eigenvalue weighted by Gasteiger charge is 2.10. The van der Waals surface area contributed by atoms with Gasteiger partial charge in [0.2, 0.25) is 0 Å². The Kier molecular flexibility index (Phi) is 5.63. The summed E-state index contributed by atoms with van der Waals surface area (Å²) in [5, 5.41) is 0. The average Bonchev–Trinajstić information content (AvgIpc) is 2.51. The Morgan fingerprint density at radius 1 is 1.47 bits per heavy atom. The second kappa shape index (κ2) is 6.31. The maximum absolute atomic E-state index is 11.1. The van der Waals surface area contributed by atoms with Gasteiger partial charge in [-0.05, 0) is 41.0 Å². The smallest absolute Gasteiger partial charge is 0.148 e. The zero-order valence-corrected chi connectivity index (χ0v) is 13.6. The summed E-state index contributed by atoms with van der Waals surface area (Å²) >= 11 is 5.22. The van der Waals surface area contributed by atoms with E-state index in [1.54, 1.807) is 11.3 Å². The number of aryl methyl sites for hydroxylation is 1. The van der Waals surface area contributed by atoms with Crippen molar-refractivity contribution in [3.05, 3.63) is 20.3 Å². The van der Waals surface area contributed by atoms with Crippen LogP contribution in [0.2, 0.25) is 0 Å². The molecule has 0 radical (unpaired) electrons. The molecule has 0 aliphatic carbocycles. The van der Waals surface area contributed by atoms with Crippen molar-refractivity contribution in [3.8, 4) is 0 Å². The second-order valence-corrected chi connectivity index (χ2v) is 8.88. The van der Waals surface area contributed by atoms with Crippen molar-refractivity contribution in [3.63, 3.8) is 0 Å². The van der Waals surface area contributed by atoms with Crippen LogP contribution in [0.15, 0.2) is 9.85 Å². The molecule has 17 heavy (non-hydrogen) atoms. The first-order valence-electron chi connectivity index (χ1n) is 5.46. The minimum absolute atomic E-state index is 0.229. The quantitative estimate of drug-likeness (QED) is 0.799. The highest BCUT2D eigenvalue weighted by molar-refractivity contribution is 9.11. The SMILES string of the molecule is CCN(CCS(C)(=O)=O)Cc1cc(C)c(Br)s1. The molecule has 0 bridgehead atoms. The number of halogens is 1. The van der Waals surface area contributed by atoms with Crippen molar-refractivity contribution >= 4 is 37.1 Å². The zero-order valence-electron chi connectivity index (χ0n) is 10.4. The largest absolute Gasteiger partial charge is 0.298 e. The minimum Gasteiger partial charge on any atom is -0.298 e. The van der Waals surface area contributed by atoms with Crippen LogP contribution < -0.4 is 0 Å². The van der Waals surface area contributed by atoms with Crippen LogP contribution in [0.25, 0.3) is 0 Å². The van der Waals surface area contributed by atoms with Gasteiger partial charge in [-0.1, -0.05) is 6.92 Å². The summed E-state index contributed by atoms with van der Waals surface area (Å²) in [5.41, 5.74) is 1.24. The van der Waals surface area contributed by atoms with Gasteiger partial charge < -0.3 is 0 Å². The van der Waals surface area contributed by atoms with Crippen LogP contribution in [-0.2, 0) is 16.4 Å². The molecule has 1 rings (SSSR count). The van der Waals surface area contributed by atoms with Gasteiger partial charge in [-0.3, -0.25) is 4.90 Å². The summed E-state index contributed by atoms with van der Waals surface area (Å²) in [6.45, 7) is 6.41. The third-order valence-electron chi connectivity index (χ3n) is 2.51. The number of hydrogen-bond donors (Lipinski definition) is 0. The third kappa shape index (κ3) is 5.50. The molecule has 6 heteroatoms. The minimum atomic E-state index is -2.87. The van der Waals surface area contributed by atoms with E-state index in [0.29, 0.717) is 6.54 Å². The van der Waals surface area contributed by atoms with Gasteiger partial charge in [-0.2, -0.15) is 0 Å². The molecule has 0 fully saturated rings. The number of nitrogens with zero attached hydrogens (tertiary/aromatic N) is 1. The van der Waals surface area contributed by atoms with Crippen molar-refractivity contribution in [2.24, 2.45) is 0 Å². The molecule has 1 aromatic heterocycles. The van der Waals surface area contributed by atoms with Gasteiger partial charge >= 0.3 is 0 Å². The highest BCUT2D eigenvalue weighted by atomic mass is 79.9. The fourth-order valence-corrected chi connectivity index (χ4v) is 3.73. The summed E-state index contributed by atoms with van der Waals surface area (Å²) in [6, 6.07) is 2.15. The first kappa shape index (κ1) is 15.1. The van der Waals surface area contributed by atoms with Gasteiger partial charge in [0.05, 0.1) is 9.54 Å². The standard InChI is InChI=1S/C11H18BrNO2S2/c1-4-13(5-6-17(3,14)15)8-10-7-9(2)11(12)16-10/h7H,4-6,8H2,1-3H3. The van der Waals surface area contributed by atoms with E-state index in [1.807, 2.05) is 0 Å². The maximum Gasteiger partial charge on any atom is 0.148 e. The van der Waals surface area contributed by atoms with E-state index in [0.717, 1.165) is 16.9 Å². The number of sulfone groups is 1. The molecule has 3 nitrogen and oxygen atoms in total. The van der Waals surface area contributed by atoms with Gasteiger partial charge in [0.15, 0.2) is 0 Å². The molecule has 0 spiro atoms. The van der Waals surface area contributed by atoms with Crippen LogP contribution >= 0.6 is 27.3 Å². The molecular weight excluding hydrogens is 322 g/mol. The summed E-state index contributed by atoms with van der Waals surface area (Å²) in [4.78, 5) is 3.42. The van der Waals surface area contributed by atoms with Gasteiger partial charge in [0.1, 0.15) is 9.84 Å². The molecule has 0 aromatic carbocycles. The van der Waals surface area contributed by atoms with E-state index in [9.17, 15) is 8.42 Å². The molecule has 0 saturated carbocycles. The van der Waals surface area contributed by atoms with E-state index in [4.69, 9.17) is 0 Å². The molecule has 0 N–H and O–H groups in total. The fraction of sp³-hybridized carbons (Fsp3) is 0.636. The summed E-state index contributed by atoms with van der Waals surface area (Å²) in [7, 11) is -2.87. The Morgan fingerprint density at radius 2 is 2.12 bits per heavy atom. The molecule has 1 heterocycles. The summed E-state index contributed by atoms with van der Waals surface area (Å²) < 4.78 is 23.4. The lowest BCUT2D eigenvalue weighted by Gasteiger charge is -2.18. The Bertz CT molecular complexity index is 448. The van der Waals surface area contributed by atoms with E-state index >= 15 is 0 Å². The van der Waals surface area contributed by atoms with Gasteiger partial charge in [-0.25, -0.2) is 8.42 Å². The van der Waals surface area contributed by atoms with Crippen LogP contribution in [0, 0.1) is 6.92 Å². The van der Waals surface area contributed by atoms with Crippen molar-refractivity contribution in [1.29, 1.82) is 0 Å². The first-order valence-corrected chi connectivity index (χ1v) is 9.13. The van der Waals surface area contributed by atoms with Crippen LogP contribution in [0.3, 0.4) is 0 Å². The van der Waals surface area contributed by atoms with Crippen molar-refractivity contribution < 1.29 is 8.42 Å². The van der Waals surface area contributed by atoms with Gasteiger partial charge in [0.25, 0.3) is 0 Å².